The molecule has 1 heterocycles. The number of aromatic nitrogens is 2. The Morgan fingerprint density at radius 2 is 2.00 bits per heavy atom. The largest absolute Gasteiger partial charge is 0.287 e. The molecule has 0 spiro atoms. The van der Waals surface area contributed by atoms with Gasteiger partial charge in [-0.2, -0.15) is 5.10 Å². The number of nitrogens with zero attached hydrogens (tertiary/aromatic N) is 2. The summed E-state index contributed by atoms with van der Waals surface area (Å²) in [5.74, 6) is 0.0338. The zero-order valence-electron chi connectivity index (χ0n) is 9.26. The lowest BCUT2D eigenvalue weighted by Crippen LogP contribution is -2.11. The fourth-order valence-electron chi connectivity index (χ4n) is 1.65. The van der Waals surface area contributed by atoms with Crippen LogP contribution in [0.15, 0.2) is 42.6 Å². The summed E-state index contributed by atoms with van der Waals surface area (Å²) in [4.78, 5) is 12.1. The Labute approximate surface area is 94.7 Å². The number of aryl methyl sites for hydroxylation is 1. The Balaban J connectivity index is 2.31. The minimum atomic E-state index is 0.0338. The van der Waals surface area contributed by atoms with Gasteiger partial charge in [0.2, 0.25) is 5.78 Å². The predicted octanol–water partition coefficient (Wildman–Crippen LogP) is 2.52. The van der Waals surface area contributed by atoms with Crippen LogP contribution in [0.5, 0.6) is 0 Å². The maximum absolute atomic E-state index is 12.1. The van der Waals surface area contributed by atoms with E-state index in [4.69, 9.17) is 0 Å². The summed E-state index contributed by atoms with van der Waals surface area (Å²) in [7, 11) is 0. The highest BCUT2D eigenvalue weighted by molar-refractivity contribution is 6.07. The SMILES string of the molecule is CCCn1nccc1C(=O)c1ccccc1. The van der Waals surface area contributed by atoms with Gasteiger partial charge in [0.25, 0.3) is 0 Å². The summed E-state index contributed by atoms with van der Waals surface area (Å²) in [6, 6.07) is 11.1. The summed E-state index contributed by atoms with van der Waals surface area (Å²) in [6.07, 6.45) is 2.64. The van der Waals surface area contributed by atoms with Gasteiger partial charge in [-0.15, -0.1) is 0 Å². The highest BCUT2D eigenvalue weighted by Crippen LogP contribution is 2.09. The summed E-state index contributed by atoms with van der Waals surface area (Å²) < 4.78 is 1.76. The number of benzene rings is 1. The van der Waals surface area contributed by atoms with Gasteiger partial charge >= 0.3 is 0 Å². The quantitative estimate of drug-likeness (QED) is 0.733. The van der Waals surface area contributed by atoms with E-state index in [9.17, 15) is 4.79 Å². The fourth-order valence-corrected chi connectivity index (χ4v) is 1.65. The van der Waals surface area contributed by atoms with Crippen molar-refractivity contribution < 1.29 is 4.79 Å². The molecule has 0 atom stereocenters. The molecule has 1 aromatic carbocycles. The van der Waals surface area contributed by atoms with Crippen LogP contribution in [0.25, 0.3) is 0 Å². The van der Waals surface area contributed by atoms with Crippen LogP contribution in [0.3, 0.4) is 0 Å². The lowest BCUT2D eigenvalue weighted by atomic mass is 10.1. The summed E-state index contributed by atoms with van der Waals surface area (Å²) in [5.41, 5.74) is 1.37. The maximum Gasteiger partial charge on any atom is 0.211 e. The van der Waals surface area contributed by atoms with Crippen LogP contribution < -0.4 is 0 Å². The zero-order chi connectivity index (χ0) is 11.4. The van der Waals surface area contributed by atoms with Crippen molar-refractivity contribution in [2.75, 3.05) is 0 Å². The Hall–Kier alpha value is -1.90. The smallest absolute Gasteiger partial charge is 0.211 e. The van der Waals surface area contributed by atoms with E-state index >= 15 is 0 Å². The van der Waals surface area contributed by atoms with Gasteiger partial charge in [0, 0.05) is 18.3 Å². The number of hydrogen-bond acceptors (Lipinski definition) is 2. The van der Waals surface area contributed by atoms with Crippen molar-refractivity contribution in [3.8, 4) is 0 Å². The zero-order valence-corrected chi connectivity index (χ0v) is 9.26. The molecule has 2 aromatic rings. The standard InChI is InChI=1S/C13H14N2O/c1-2-10-15-12(8-9-14-15)13(16)11-6-4-3-5-7-11/h3-9H,2,10H2,1H3. The van der Waals surface area contributed by atoms with Crippen LogP contribution in [0.4, 0.5) is 0 Å². The molecule has 16 heavy (non-hydrogen) atoms. The van der Waals surface area contributed by atoms with Crippen molar-refractivity contribution >= 4 is 5.78 Å². The van der Waals surface area contributed by atoms with Gasteiger partial charge in [-0.25, -0.2) is 0 Å². The van der Waals surface area contributed by atoms with Crippen molar-refractivity contribution in [1.29, 1.82) is 0 Å². The molecule has 0 aliphatic rings. The van der Waals surface area contributed by atoms with Gasteiger partial charge < -0.3 is 0 Å². The molecule has 0 saturated heterocycles. The normalized spacial score (nSPS) is 10.3. The molecule has 82 valence electrons. The predicted molar refractivity (Wildman–Crippen MR) is 62.4 cm³/mol. The van der Waals surface area contributed by atoms with Crippen LogP contribution in [0, 0.1) is 0 Å². The van der Waals surface area contributed by atoms with Crippen LogP contribution in [0.1, 0.15) is 29.4 Å². The molecule has 0 saturated carbocycles. The number of rotatable bonds is 4. The van der Waals surface area contributed by atoms with Crippen LogP contribution in [0.2, 0.25) is 0 Å². The van der Waals surface area contributed by atoms with Gasteiger partial charge in [-0.1, -0.05) is 37.3 Å². The van der Waals surface area contributed by atoms with Gasteiger partial charge in [0.1, 0.15) is 5.69 Å². The third-order valence-electron chi connectivity index (χ3n) is 2.42. The third-order valence-corrected chi connectivity index (χ3v) is 2.42. The minimum Gasteiger partial charge on any atom is -0.287 e. The Kier molecular flexibility index (Phi) is 3.15. The Bertz CT molecular complexity index is 474. The van der Waals surface area contributed by atoms with E-state index in [-0.39, 0.29) is 5.78 Å². The maximum atomic E-state index is 12.1. The molecule has 0 aliphatic heterocycles. The van der Waals surface area contributed by atoms with E-state index in [0.717, 1.165) is 13.0 Å². The summed E-state index contributed by atoms with van der Waals surface area (Å²) in [6.45, 7) is 2.85. The van der Waals surface area contributed by atoms with E-state index in [1.807, 2.05) is 30.3 Å². The summed E-state index contributed by atoms with van der Waals surface area (Å²) >= 11 is 0. The van der Waals surface area contributed by atoms with Gasteiger partial charge in [0.05, 0.1) is 0 Å². The molecular weight excluding hydrogens is 200 g/mol. The summed E-state index contributed by atoms with van der Waals surface area (Å²) in [5, 5.41) is 4.15. The molecule has 0 unspecified atom stereocenters. The highest BCUT2D eigenvalue weighted by atomic mass is 16.1. The lowest BCUT2D eigenvalue weighted by Gasteiger charge is -2.04. The van der Waals surface area contributed by atoms with Crippen molar-refractivity contribution in [2.24, 2.45) is 0 Å². The van der Waals surface area contributed by atoms with E-state index in [2.05, 4.69) is 12.0 Å². The monoisotopic (exact) mass is 214 g/mol. The van der Waals surface area contributed by atoms with Gasteiger partial charge in [-0.05, 0) is 12.5 Å². The number of carbonyl (C=O) groups is 1. The van der Waals surface area contributed by atoms with E-state index in [1.54, 1.807) is 16.9 Å². The second-order valence-corrected chi connectivity index (χ2v) is 3.63. The van der Waals surface area contributed by atoms with Crippen LogP contribution in [-0.2, 0) is 6.54 Å². The van der Waals surface area contributed by atoms with Crippen molar-refractivity contribution in [1.82, 2.24) is 9.78 Å². The lowest BCUT2D eigenvalue weighted by molar-refractivity contribution is 0.102. The molecule has 3 nitrogen and oxygen atoms in total. The van der Waals surface area contributed by atoms with E-state index in [1.165, 1.54) is 0 Å². The molecule has 3 heteroatoms. The molecule has 0 bridgehead atoms. The topological polar surface area (TPSA) is 34.9 Å². The second-order valence-electron chi connectivity index (χ2n) is 3.63. The first-order valence-corrected chi connectivity index (χ1v) is 5.44. The van der Waals surface area contributed by atoms with E-state index in [0.29, 0.717) is 11.3 Å². The van der Waals surface area contributed by atoms with Crippen molar-refractivity contribution in [2.45, 2.75) is 19.9 Å². The minimum absolute atomic E-state index is 0.0338. The first kappa shape index (κ1) is 10.6. The number of carbonyl (C=O) groups excluding carboxylic acids is 1. The molecule has 2 rings (SSSR count). The van der Waals surface area contributed by atoms with Crippen molar-refractivity contribution in [3.63, 3.8) is 0 Å². The highest BCUT2D eigenvalue weighted by Gasteiger charge is 2.12. The van der Waals surface area contributed by atoms with Crippen LogP contribution >= 0.6 is 0 Å². The molecule has 1 aromatic heterocycles. The average molecular weight is 214 g/mol. The molecule has 0 aliphatic carbocycles. The molecule has 0 N–H and O–H groups in total. The molecular formula is C13H14N2O. The molecule has 0 radical (unpaired) electrons. The molecule has 0 amide bonds. The Morgan fingerprint density at radius 3 is 2.69 bits per heavy atom. The van der Waals surface area contributed by atoms with E-state index < -0.39 is 0 Å². The first-order valence-electron chi connectivity index (χ1n) is 5.44. The number of hydrogen-bond donors (Lipinski definition) is 0. The second kappa shape index (κ2) is 4.75. The van der Waals surface area contributed by atoms with Gasteiger partial charge in [0.15, 0.2) is 0 Å². The molecule has 0 fully saturated rings. The fraction of sp³-hybridized carbons (Fsp3) is 0.231. The van der Waals surface area contributed by atoms with Crippen molar-refractivity contribution in [3.05, 3.63) is 53.9 Å². The first-order chi connectivity index (χ1) is 7.83. The Morgan fingerprint density at radius 1 is 1.25 bits per heavy atom. The number of ketones is 1. The van der Waals surface area contributed by atoms with Crippen LogP contribution in [-0.4, -0.2) is 15.6 Å². The average Bonchev–Trinajstić information content (AvgIpc) is 2.78. The third kappa shape index (κ3) is 2.03. The van der Waals surface area contributed by atoms with Gasteiger partial charge in [-0.3, -0.25) is 9.48 Å².